The molecule has 3 aliphatic heterocycles. The fourth-order valence-corrected chi connectivity index (χ4v) is 5.93. The lowest BCUT2D eigenvalue weighted by Crippen LogP contribution is -2.55. The van der Waals surface area contributed by atoms with E-state index in [0.717, 1.165) is 19.3 Å². The summed E-state index contributed by atoms with van der Waals surface area (Å²) in [5, 5.41) is 16.9. The van der Waals surface area contributed by atoms with Crippen LogP contribution in [0.3, 0.4) is 0 Å². The Labute approximate surface area is 179 Å². The van der Waals surface area contributed by atoms with Gasteiger partial charge in [0, 0.05) is 30.8 Å². The Morgan fingerprint density at radius 1 is 1.32 bits per heavy atom. The summed E-state index contributed by atoms with van der Waals surface area (Å²) >= 11 is 0. The first-order valence-electron chi connectivity index (χ1n) is 10.8. The summed E-state index contributed by atoms with van der Waals surface area (Å²) in [4.78, 5) is 40.4. The molecule has 10 nitrogen and oxygen atoms in total. The van der Waals surface area contributed by atoms with E-state index in [4.69, 9.17) is 15.2 Å². The fraction of sp³-hybridized carbons (Fsp3) is 0.667. The minimum atomic E-state index is -0.990. The van der Waals surface area contributed by atoms with Crippen LogP contribution < -0.4 is 16.4 Å². The molecule has 5 N–H and O–H groups in total. The van der Waals surface area contributed by atoms with Gasteiger partial charge in [-0.25, -0.2) is 4.79 Å². The highest BCUT2D eigenvalue weighted by atomic mass is 16.6. The summed E-state index contributed by atoms with van der Waals surface area (Å²) in [5.74, 6) is -1.22. The molecule has 1 saturated carbocycles. The Hall–Kier alpha value is -2.43. The molecule has 6 atom stereocenters. The highest BCUT2D eigenvalue weighted by Gasteiger charge is 2.72. The minimum Gasteiger partial charge on any atom is -0.449 e. The number of nitrogens with one attached hydrogen (secondary N) is 2. The van der Waals surface area contributed by atoms with Gasteiger partial charge >= 0.3 is 6.09 Å². The quantitative estimate of drug-likeness (QED) is 0.326. The standard InChI is InChI=1S/C21H28N4O6/c1-9-15(23-11-5-3-4-6-13(11)26)18(28)14-10(8-31-20(22)29)21(30-2)19-12(24-19)7-25(21)16(14)17(9)27/h10-13,19,23-24,26H,3-8H2,1-2H3,(H2,22,29)/t10-,11-,12+,13-,19+,21-/m1/s1. The maximum absolute atomic E-state index is 13.7. The fourth-order valence-electron chi connectivity index (χ4n) is 5.93. The van der Waals surface area contributed by atoms with Crippen molar-refractivity contribution in [3.05, 3.63) is 22.5 Å². The first-order valence-corrected chi connectivity index (χ1v) is 10.8. The number of primary amides is 1. The van der Waals surface area contributed by atoms with Crippen molar-refractivity contribution in [1.82, 2.24) is 15.5 Å². The lowest BCUT2D eigenvalue weighted by Gasteiger charge is -2.39. The number of ether oxygens (including phenoxy) is 2. The molecule has 168 valence electrons. The number of hydrogen-bond donors (Lipinski definition) is 4. The molecule has 0 bridgehead atoms. The number of nitrogens with two attached hydrogens (primary N) is 1. The van der Waals surface area contributed by atoms with Gasteiger partial charge in [-0.2, -0.15) is 0 Å². The molecular formula is C21H28N4O6. The van der Waals surface area contributed by atoms with E-state index >= 15 is 0 Å². The number of nitrogens with zero attached hydrogens (tertiary/aromatic N) is 1. The van der Waals surface area contributed by atoms with E-state index in [0.29, 0.717) is 29.8 Å². The highest BCUT2D eigenvalue weighted by molar-refractivity contribution is 6.25. The molecule has 2 saturated heterocycles. The van der Waals surface area contributed by atoms with Gasteiger partial charge < -0.3 is 35.8 Å². The van der Waals surface area contributed by atoms with Gasteiger partial charge in [-0.15, -0.1) is 0 Å². The molecule has 31 heavy (non-hydrogen) atoms. The van der Waals surface area contributed by atoms with E-state index in [1.807, 2.05) is 4.90 Å². The Morgan fingerprint density at radius 2 is 2.06 bits per heavy atom. The first kappa shape index (κ1) is 20.5. The first-order chi connectivity index (χ1) is 14.8. The van der Waals surface area contributed by atoms with Gasteiger partial charge in [0.05, 0.1) is 35.5 Å². The number of carbonyl (C=O) groups is 3. The minimum absolute atomic E-state index is 0.0814. The number of rotatable bonds is 5. The molecule has 5 aliphatic rings. The Kier molecular flexibility index (Phi) is 4.65. The third-order valence-corrected chi connectivity index (χ3v) is 7.49. The zero-order valence-electron chi connectivity index (χ0n) is 17.6. The summed E-state index contributed by atoms with van der Waals surface area (Å²) in [6, 6.07) is -0.221. The van der Waals surface area contributed by atoms with Crippen molar-refractivity contribution in [2.24, 2.45) is 11.7 Å². The number of piperazine rings is 1. The van der Waals surface area contributed by atoms with Crippen LogP contribution in [0.2, 0.25) is 0 Å². The number of fused-ring (bicyclic) bond motifs is 4. The predicted octanol–water partition coefficient (Wildman–Crippen LogP) is -0.717. The van der Waals surface area contributed by atoms with Crippen LogP contribution in [0, 0.1) is 5.92 Å². The summed E-state index contributed by atoms with van der Waals surface area (Å²) in [6.07, 6.45) is 1.74. The van der Waals surface area contributed by atoms with Gasteiger partial charge in [0.2, 0.25) is 11.6 Å². The maximum Gasteiger partial charge on any atom is 0.404 e. The largest absolute Gasteiger partial charge is 0.449 e. The van der Waals surface area contributed by atoms with Crippen LogP contribution in [0.4, 0.5) is 4.79 Å². The van der Waals surface area contributed by atoms with Crippen molar-refractivity contribution < 1.29 is 29.0 Å². The van der Waals surface area contributed by atoms with Gasteiger partial charge in [0.15, 0.2) is 5.72 Å². The van der Waals surface area contributed by atoms with Gasteiger partial charge in [-0.3, -0.25) is 9.59 Å². The summed E-state index contributed by atoms with van der Waals surface area (Å²) < 4.78 is 11.1. The molecule has 0 aromatic heterocycles. The van der Waals surface area contributed by atoms with Crippen LogP contribution in [0.25, 0.3) is 0 Å². The normalized spacial score (nSPS) is 38.8. The topological polar surface area (TPSA) is 153 Å². The zero-order chi connectivity index (χ0) is 22.1. The third-order valence-electron chi connectivity index (χ3n) is 7.49. The zero-order valence-corrected chi connectivity index (χ0v) is 17.6. The summed E-state index contributed by atoms with van der Waals surface area (Å²) in [7, 11) is 1.54. The highest BCUT2D eigenvalue weighted by Crippen LogP contribution is 2.55. The van der Waals surface area contributed by atoms with Crippen LogP contribution in [-0.4, -0.2) is 77.9 Å². The average molecular weight is 432 g/mol. The van der Waals surface area contributed by atoms with Crippen LogP contribution >= 0.6 is 0 Å². The summed E-state index contributed by atoms with van der Waals surface area (Å²) in [5.41, 5.74) is 5.38. The number of methoxy groups -OCH3 is 1. The van der Waals surface area contributed by atoms with E-state index in [2.05, 4.69) is 10.6 Å². The van der Waals surface area contributed by atoms with Crippen LogP contribution in [0.5, 0.6) is 0 Å². The molecule has 0 unspecified atom stereocenters. The van der Waals surface area contributed by atoms with Gasteiger partial charge in [0.25, 0.3) is 0 Å². The SMILES string of the molecule is CO[C@@]12[C@H](COC(N)=O)C3=C(C(=O)C(C)=C(N[C@@H]4CCCC[C@H]4O)C3=O)N1C[C@@H]1N[C@@H]12. The van der Waals surface area contributed by atoms with Gasteiger partial charge in [0.1, 0.15) is 6.61 Å². The lowest BCUT2D eigenvalue weighted by atomic mass is 9.82. The van der Waals surface area contributed by atoms with Crippen molar-refractivity contribution in [3.63, 3.8) is 0 Å². The predicted molar refractivity (Wildman–Crippen MR) is 107 cm³/mol. The van der Waals surface area contributed by atoms with Crippen molar-refractivity contribution in [2.45, 2.75) is 62.6 Å². The van der Waals surface area contributed by atoms with E-state index < -0.39 is 23.8 Å². The Balaban J connectivity index is 1.53. The Morgan fingerprint density at radius 3 is 2.74 bits per heavy atom. The number of Topliss-reactive ketones (excluding diaryl/α,β-unsaturated/α-hetero) is 2. The van der Waals surface area contributed by atoms with E-state index in [1.165, 1.54) is 7.11 Å². The smallest absolute Gasteiger partial charge is 0.404 e. The lowest BCUT2D eigenvalue weighted by molar-refractivity contribution is -0.137. The molecule has 3 heterocycles. The molecule has 2 aliphatic carbocycles. The molecule has 0 radical (unpaired) electrons. The van der Waals surface area contributed by atoms with E-state index in [-0.39, 0.29) is 42.0 Å². The van der Waals surface area contributed by atoms with Gasteiger partial charge in [-0.05, 0) is 19.8 Å². The van der Waals surface area contributed by atoms with Crippen molar-refractivity contribution >= 4 is 17.7 Å². The number of ketones is 2. The molecule has 0 aromatic carbocycles. The van der Waals surface area contributed by atoms with Gasteiger partial charge in [-0.1, -0.05) is 12.8 Å². The van der Waals surface area contributed by atoms with E-state index in [9.17, 15) is 19.5 Å². The monoisotopic (exact) mass is 432 g/mol. The third kappa shape index (κ3) is 2.78. The number of allylic oxidation sites excluding steroid dienone is 2. The second kappa shape index (κ2) is 7.04. The molecule has 1 amide bonds. The maximum atomic E-state index is 13.7. The van der Waals surface area contributed by atoms with Crippen molar-refractivity contribution in [2.75, 3.05) is 20.3 Å². The van der Waals surface area contributed by atoms with E-state index in [1.54, 1.807) is 6.92 Å². The molecular weight excluding hydrogens is 404 g/mol. The molecule has 10 heteroatoms. The van der Waals surface area contributed by atoms with Crippen LogP contribution in [0.1, 0.15) is 32.6 Å². The average Bonchev–Trinajstić information content (AvgIpc) is 3.35. The summed E-state index contributed by atoms with van der Waals surface area (Å²) in [6.45, 7) is 2.00. The van der Waals surface area contributed by atoms with Crippen molar-refractivity contribution in [1.29, 1.82) is 0 Å². The molecule has 3 fully saturated rings. The second-order valence-electron chi connectivity index (χ2n) is 9.02. The molecule has 0 spiro atoms. The molecule has 5 rings (SSSR count). The van der Waals surface area contributed by atoms with Crippen molar-refractivity contribution in [3.8, 4) is 0 Å². The molecule has 0 aromatic rings. The number of aliphatic hydroxyl groups is 1. The number of hydrogen-bond acceptors (Lipinski definition) is 9. The number of carbonyl (C=O) groups excluding carboxylic acids is 3. The number of aliphatic hydroxyl groups excluding tert-OH is 1. The second-order valence-corrected chi connectivity index (χ2v) is 9.02. The number of amides is 1. The van der Waals surface area contributed by atoms with Crippen LogP contribution in [-0.2, 0) is 19.1 Å². The van der Waals surface area contributed by atoms with Crippen LogP contribution in [0.15, 0.2) is 22.5 Å². The Bertz CT molecular complexity index is 929.